The molecule has 0 saturated carbocycles. The van der Waals surface area contributed by atoms with Gasteiger partial charge in [-0.1, -0.05) is 13.8 Å². The van der Waals surface area contributed by atoms with E-state index in [1.165, 1.54) is 19.3 Å². The van der Waals surface area contributed by atoms with E-state index in [0.717, 1.165) is 9.13 Å². The third-order valence-electron chi connectivity index (χ3n) is 2.92. The highest BCUT2D eigenvalue weighted by molar-refractivity contribution is 5.76. The van der Waals surface area contributed by atoms with Gasteiger partial charge in [0.2, 0.25) is 5.91 Å². The molecule has 1 amide bonds. The second kappa shape index (κ2) is 6.33. The van der Waals surface area contributed by atoms with Gasteiger partial charge in [-0.05, 0) is 5.92 Å². The number of aliphatic hydroxyl groups is 1. The molecule has 0 spiro atoms. The van der Waals surface area contributed by atoms with Gasteiger partial charge >= 0.3 is 5.69 Å². The van der Waals surface area contributed by atoms with Crippen LogP contribution in [0.15, 0.2) is 21.9 Å². The summed E-state index contributed by atoms with van der Waals surface area (Å²) >= 11 is 0. The average molecular weight is 269 g/mol. The zero-order valence-electron chi connectivity index (χ0n) is 11.3. The standard InChI is InChI=1S/C12H19N3O4/c1-8(2)9(7-16)13-10(17)6-15-5-4-11(18)14(3)12(15)19/h4-5,8-9,16H,6-7H2,1-3H3,(H,13,17)/t9-/m1/s1. The third kappa shape index (κ3) is 3.78. The molecule has 0 aliphatic heterocycles. The van der Waals surface area contributed by atoms with Crippen molar-refractivity contribution < 1.29 is 9.90 Å². The first-order valence-electron chi connectivity index (χ1n) is 6.03. The highest BCUT2D eigenvalue weighted by Crippen LogP contribution is 2.00. The summed E-state index contributed by atoms with van der Waals surface area (Å²) in [7, 11) is 1.35. The topological polar surface area (TPSA) is 93.3 Å². The molecule has 106 valence electrons. The lowest BCUT2D eigenvalue weighted by molar-refractivity contribution is -0.123. The number of amides is 1. The Bertz CT molecular complexity index is 559. The van der Waals surface area contributed by atoms with Crippen molar-refractivity contribution in [1.82, 2.24) is 14.5 Å². The fourth-order valence-corrected chi connectivity index (χ4v) is 1.57. The van der Waals surface area contributed by atoms with Crippen LogP contribution in [0.5, 0.6) is 0 Å². The molecule has 0 saturated heterocycles. The third-order valence-corrected chi connectivity index (χ3v) is 2.92. The van der Waals surface area contributed by atoms with E-state index in [9.17, 15) is 14.4 Å². The summed E-state index contributed by atoms with van der Waals surface area (Å²) in [5.74, 6) is -0.292. The first-order chi connectivity index (χ1) is 8.86. The lowest BCUT2D eigenvalue weighted by Crippen LogP contribution is -2.45. The van der Waals surface area contributed by atoms with Gasteiger partial charge in [-0.3, -0.25) is 18.7 Å². The van der Waals surface area contributed by atoms with E-state index in [0.29, 0.717) is 0 Å². The minimum Gasteiger partial charge on any atom is -0.394 e. The maximum Gasteiger partial charge on any atom is 0.331 e. The van der Waals surface area contributed by atoms with Gasteiger partial charge < -0.3 is 10.4 Å². The molecule has 0 bridgehead atoms. The molecule has 1 atom stereocenters. The maximum atomic E-state index is 11.8. The average Bonchev–Trinajstić information content (AvgIpc) is 2.36. The van der Waals surface area contributed by atoms with E-state index in [1.54, 1.807) is 0 Å². The molecular weight excluding hydrogens is 250 g/mol. The quantitative estimate of drug-likeness (QED) is 0.693. The number of hydrogen-bond donors (Lipinski definition) is 2. The number of hydrogen-bond acceptors (Lipinski definition) is 4. The van der Waals surface area contributed by atoms with Crippen molar-refractivity contribution >= 4 is 5.91 Å². The van der Waals surface area contributed by atoms with E-state index >= 15 is 0 Å². The van der Waals surface area contributed by atoms with Crippen molar-refractivity contribution in [2.45, 2.75) is 26.4 Å². The summed E-state index contributed by atoms with van der Waals surface area (Å²) in [6.07, 6.45) is 1.29. The second-order valence-corrected chi connectivity index (χ2v) is 4.72. The number of carbonyl (C=O) groups excluding carboxylic acids is 1. The molecule has 7 nitrogen and oxygen atoms in total. The molecule has 2 N–H and O–H groups in total. The first kappa shape index (κ1) is 15.2. The summed E-state index contributed by atoms with van der Waals surface area (Å²) in [4.78, 5) is 34.7. The van der Waals surface area contributed by atoms with Crippen molar-refractivity contribution in [3.05, 3.63) is 33.1 Å². The number of carbonyl (C=O) groups is 1. The van der Waals surface area contributed by atoms with Gasteiger partial charge in [0, 0.05) is 19.3 Å². The SMILES string of the molecule is CC(C)[C@@H](CO)NC(=O)Cn1ccc(=O)n(C)c1=O. The molecule has 19 heavy (non-hydrogen) atoms. The van der Waals surface area contributed by atoms with E-state index in [2.05, 4.69) is 5.32 Å². The van der Waals surface area contributed by atoms with Crippen molar-refractivity contribution in [1.29, 1.82) is 0 Å². The predicted molar refractivity (Wildman–Crippen MR) is 69.8 cm³/mol. The molecule has 0 aliphatic carbocycles. The Morgan fingerprint density at radius 1 is 1.42 bits per heavy atom. The van der Waals surface area contributed by atoms with Crippen LogP contribution in [0.2, 0.25) is 0 Å². The molecule has 0 unspecified atom stereocenters. The summed E-state index contributed by atoms with van der Waals surface area (Å²) in [6, 6.07) is 0.872. The van der Waals surface area contributed by atoms with Gasteiger partial charge in [-0.2, -0.15) is 0 Å². The van der Waals surface area contributed by atoms with E-state index < -0.39 is 11.2 Å². The van der Waals surface area contributed by atoms with Gasteiger partial charge in [0.15, 0.2) is 0 Å². The summed E-state index contributed by atoms with van der Waals surface area (Å²) < 4.78 is 2.07. The van der Waals surface area contributed by atoms with Crippen LogP contribution in [-0.2, 0) is 18.4 Å². The normalized spacial score (nSPS) is 12.5. The summed E-state index contributed by atoms with van der Waals surface area (Å²) in [5, 5.41) is 11.8. The Morgan fingerprint density at radius 2 is 2.05 bits per heavy atom. The van der Waals surface area contributed by atoms with Crippen molar-refractivity contribution in [2.75, 3.05) is 6.61 Å². The highest BCUT2D eigenvalue weighted by Gasteiger charge is 2.15. The Morgan fingerprint density at radius 3 is 2.58 bits per heavy atom. The molecule has 1 rings (SSSR count). The van der Waals surface area contributed by atoms with E-state index in [4.69, 9.17) is 5.11 Å². The van der Waals surface area contributed by atoms with Crippen molar-refractivity contribution in [3.63, 3.8) is 0 Å². The number of rotatable bonds is 5. The smallest absolute Gasteiger partial charge is 0.331 e. The van der Waals surface area contributed by atoms with Crippen LogP contribution in [0.1, 0.15) is 13.8 Å². The second-order valence-electron chi connectivity index (χ2n) is 4.72. The number of nitrogens with one attached hydrogen (secondary N) is 1. The Labute approximate surface area is 110 Å². The van der Waals surface area contributed by atoms with Crippen LogP contribution in [0.25, 0.3) is 0 Å². The van der Waals surface area contributed by atoms with Gasteiger partial charge in [-0.15, -0.1) is 0 Å². The molecular formula is C12H19N3O4. The van der Waals surface area contributed by atoms with Crippen LogP contribution >= 0.6 is 0 Å². The Kier molecular flexibility index (Phi) is 5.05. The molecule has 0 radical (unpaired) electrons. The fraction of sp³-hybridized carbons (Fsp3) is 0.583. The summed E-state index contributed by atoms with van der Waals surface area (Å²) in [5.41, 5.74) is -0.968. The fourth-order valence-electron chi connectivity index (χ4n) is 1.57. The van der Waals surface area contributed by atoms with Gasteiger partial charge in [0.05, 0.1) is 12.6 Å². The molecule has 7 heteroatoms. The highest BCUT2D eigenvalue weighted by atomic mass is 16.3. The van der Waals surface area contributed by atoms with Gasteiger partial charge in [0.1, 0.15) is 6.54 Å². The largest absolute Gasteiger partial charge is 0.394 e. The van der Waals surface area contributed by atoms with Gasteiger partial charge in [0.25, 0.3) is 5.56 Å². The summed E-state index contributed by atoms with van der Waals surface area (Å²) in [6.45, 7) is 3.40. The minimum atomic E-state index is -0.548. The van der Waals surface area contributed by atoms with Crippen LogP contribution in [0, 0.1) is 5.92 Å². The zero-order valence-corrected chi connectivity index (χ0v) is 11.3. The number of nitrogens with zero attached hydrogens (tertiary/aromatic N) is 2. The molecule has 1 aromatic heterocycles. The van der Waals surface area contributed by atoms with Crippen LogP contribution in [0.3, 0.4) is 0 Å². The molecule has 0 aromatic carbocycles. The van der Waals surface area contributed by atoms with Crippen LogP contribution < -0.4 is 16.6 Å². The van der Waals surface area contributed by atoms with E-state index in [1.807, 2.05) is 13.8 Å². The Balaban J connectivity index is 2.81. The van der Waals surface area contributed by atoms with Crippen molar-refractivity contribution in [3.8, 4) is 0 Å². The first-order valence-corrected chi connectivity index (χ1v) is 6.03. The van der Waals surface area contributed by atoms with Gasteiger partial charge in [-0.25, -0.2) is 4.79 Å². The monoisotopic (exact) mass is 269 g/mol. The predicted octanol–water partition coefficient (Wildman–Crippen LogP) is -1.32. The molecule has 1 aromatic rings. The zero-order chi connectivity index (χ0) is 14.6. The number of aliphatic hydroxyl groups excluding tert-OH is 1. The van der Waals surface area contributed by atoms with E-state index in [-0.39, 0.29) is 31.0 Å². The number of aromatic nitrogens is 2. The van der Waals surface area contributed by atoms with Crippen molar-refractivity contribution in [2.24, 2.45) is 13.0 Å². The maximum absolute atomic E-state index is 11.8. The van der Waals surface area contributed by atoms with Crippen LogP contribution in [-0.4, -0.2) is 32.8 Å². The lowest BCUT2D eigenvalue weighted by atomic mass is 10.1. The molecule has 0 fully saturated rings. The molecule has 0 aliphatic rings. The molecule has 1 heterocycles. The Hall–Kier alpha value is -1.89. The van der Waals surface area contributed by atoms with Crippen LogP contribution in [0.4, 0.5) is 0 Å². The lowest BCUT2D eigenvalue weighted by Gasteiger charge is -2.20. The minimum absolute atomic E-state index is 0.0887.